The van der Waals surface area contributed by atoms with Gasteiger partial charge in [0.05, 0.1) is 12.7 Å². The fourth-order valence-electron chi connectivity index (χ4n) is 1.92. The molecule has 3 heteroatoms. The molecule has 2 aromatic carbocycles. The monoisotopic (exact) mass is 294 g/mol. The summed E-state index contributed by atoms with van der Waals surface area (Å²) in [5.41, 5.74) is 2.52. The molecule has 0 unspecified atom stereocenters. The molecule has 0 saturated carbocycles. The average Bonchev–Trinajstić information content (AvgIpc) is 2.59. The molecular weight excluding hydrogens is 276 g/mol. The van der Waals surface area contributed by atoms with E-state index >= 15 is 0 Å². The third-order valence-corrected chi connectivity index (χ3v) is 3.16. The maximum atomic E-state index is 11.4. The maximum Gasteiger partial charge on any atom is 0.337 e. The molecule has 2 aromatic rings. The van der Waals surface area contributed by atoms with E-state index in [0.29, 0.717) is 12.2 Å². The molecule has 112 valence electrons. The summed E-state index contributed by atoms with van der Waals surface area (Å²) in [4.78, 5) is 11.4. The van der Waals surface area contributed by atoms with E-state index in [1.165, 1.54) is 12.7 Å². The Kier molecular flexibility index (Phi) is 5.62. The number of hydrogen-bond acceptors (Lipinski definition) is 3. The second kappa shape index (κ2) is 7.90. The van der Waals surface area contributed by atoms with Crippen LogP contribution in [-0.4, -0.2) is 19.7 Å². The molecule has 0 N–H and O–H groups in total. The minimum atomic E-state index is -0.365. The van der Waals surface area contributed by atoms with Crippen LogP contribution in [0.1, 0.15) is 28.4 Å². The van der Waals surface area contributed by atoms with E-state index in [-0.39, 0.29) is 5.97 Å². The summed E-state index contributed by atoms with van der Waals surface area (Å²) in [5, 5.41) is 0. The Balaban J connectivity index is 1.94. The molecule has 0 saturated heterocycles. The molecule has 3 nitrogen and oxygen atoms in total. The van der Waals surface area contributed by atoms with Gasteiger partial charge in [0.25, 0.3) is 0 Å². The maximum absolute atomic E-state index is 11.4. The fraction of sp³-hybridized carbons (Fsp3) is 0.211. The van der Waals surface area contributed by atoms with E-state index in [2.05, 4.69) is 23.5 Å². The van der Waals surface area contributed by atoms with Gasteiger partial charge in [0, 0.05) is 5.56 Å². The summed E-state index contributed by atoms with van der Waals surface area (Å²) in [6.45, 7) is 2.41. The molecule has 0 bridgehead atoms. The number of carbonyl (C=O) groups excluding carboxylic acids is 1. The summed E-state index contributed by atoms with van der Waals surface area (Å²) in [7, 11) is 1.36. The van der Waals surface area contributed by atoms with Gasteiger partial charge >= 0.3 is 5.97 Å². The Bertz CT molecular complexity index is 691. The molecular formula is C19H18O3. The SMILES string of the molecule is CCc1ccc(OCC#Cc2cccc(C(=O)OC)c2)cc1. The number of ether oxygens (including phenoxy) is 2. The Hall–Kier alpha value is -2.73. The molecule has 0 heterocycles. The van der Waals surface area contributed by atoms with Crippen LogP contribution in [0.15, 0.2) is 48.5 Å². The van der Waals surface area contributed by atoms with Crippen LogP contribution in [0, 0.1) is 11.8 Å². The molecule has 2 rings (SSSR count). The van der Waals surface area contributed by atoms with Gasteiger partial charge in [0.15, 0.2) is 0 Å². The Labute approximate surface area is 130 Å². The molecule has 0 radical (unpaired) electrons. The molecule has 0 spiro atoms. The Morgan fingerprint density at radius 3 is 2.59 bits per heavy atom. The highest BCUT2D eigenvalue weighted by atomic mass is 16.5. The lowest BCUT2D eigenvalue weighted by molar-refractivity contribution is 0.0600. The van der Waals surface area contributed by atoms with Gasteiger partial charge in [0.1, 0.15) is 12.4 Å². The van der Waals surface area contributed by atoms with Crippen LogP contribution in [0.5, 0.6) is 5.75 Å². The topological polar surface area (TPSA) is 35.5 Å². The quantitative estimate of drug-likeness (QED) is 0.640. The summed E-state index contributed by atoms with van der Waals surface area (Å²) in [6.07, 6.45) is 1.01. The van der Waals surface area contributed by atoms with Gasteiger partial charge in [-0.15, -0.1) is 0 Å². The zero-order valence-electron chi connectivity index (χ0n) is 12.8. The molecule has 0 aliphatic rings. The third kappa shape index (κ3) is 4.39. The molecule has 22 heavy (non-hydrogen) atoms. The van der Waals surface area contributed by atoms with Crippen LogP contribution in [0.25, 0.3) is 0 Å². The minimum Gasteiger partial charge on any atom is -0.481 e. The van der Waals surface area contributed by atoms with Gasteiger partial charge in [-0.25, -0.2) is 4.79 Å². The highest BCUT2D eigenvalue weighted by Crippen LogP contribution is 2.12. The van der Waals surface area contributed by atoms with Crippen molar-refractivity contribution in [1.82, 2.24) is 0 Å². The van der Waals surface area contributed by atoms with E-state index < -0.39 is 0 Å². The standard InChI is InChI=1S/C19H18O3/c1-3-15-9-11-18(12-10-15)22-13-5-7-16-6-4-8-17(14-16)19(20)21-2/h4,6,8-12,14H,3,13H2,1-2H3. The van der Waals surface area contributed by atoms with Gasteiger partial charge < -0.3 is 9.47 Å². The summed E-state index contributed by atoms with van der Waals surface area (Å²) >= 11 is 0. The number of aryl methyl sites for hydroxylation is 1. The van der Waals surface area contributed by atoms with Crippen molar-refractivity contribution in [3.05, 3.63) is 65.2 Å². The lowest BCUT2D eigenvalue weighted by Crippen LogP contribution is -2.00. The number of esters is 1. The van der Waals surface area contributed by atoms with Crippen LogP contribution in [0.4, 0.5) is 0 Å². The second-order valence-electron chi connectivity index (χ2n) is 4.66. The third-order valence-electron chi connectivity index (χ3n) is 3.16. The first-order valence-electron chi connectivity index (χ1n) is 7.12. The van der Waals surface area contributed by atoms with Crippen molar-refractivity contribution in [1.29, 1.82) is 0 Å². The zero-order valence-corrected chi connectivity index (χ0v) is 12.8. The molecule has 0 aromatic heterocycles. The van der Waals surface area contributed by atoms with E-state index in [4.69, 9.17) is 4.74 Å². The van der Waals surface area contributed by atoms with Gasteiger partial charge in [0.2, 0.25) is 0 Å². The molecule has 0 atom stereocenters. The molecule has 0 aliphatic carbocycles. The van der Waals surface area contributed by atoms with Crippen LogP contribution >= 0.6 is 0 Å². The van der Waals surface area contributed by atoms with Crippen LogP contribution in [-0.2, 0) is 11.2 Å². The van der Waals surface area contributed by atoms with Gasteiger partial charge in [-0.1, -0.05) is 37.0 Å². The summed E-state index contributed by atoms with van der Waals surface area (Å²) in [6, 6.07) is 15.0. The first kappa shape index (κ1) is 15.7. The van der Waals surface area contributed by atoms with Crippen molar-refractivity contribution in [3.8, 4) is 17.6 Å². The zero-order chi connectivity index (χ0) is 15.8. The largest absolute Gasteiger partial charge is 0.481 e. The van der Waals surface area contributed by atoms with Crippen molar-refractivity contribution in [2.75, 3.05) is 13.7 Å². The number of carbonyl (C=O) groups is 1. The van der Waals surface area contributed by atoms with Crippen molar-refractivity contribution in [2.45, 2.75) is 13.3 Å². The number of hydrogen-bond donors (Lipinski definition) is 0. The Morgan fingerprint density at radius 2 is 1.91 bits per heavy atom. The van der Waals surface area contributed by atoms with Gasteiger partial charge in [-0.3, -0.25) is 0 Å². The fourth-order valence-corrected chi connectivity index (χ4v) is 1.92. The van der Waals surface area contributed by atoms with E-state index in [9.17, 15) is 4.79 Å². The lowest BCUT2D eigenvalue weighted by Gasteiger charge is -2.02. The van der Waals surface area contributed by atoms with Crippen LogP contribution < -0.4 is 4.74 Å². The molecule has 0 aliphatic heterocycles. The summed E-state index contributed by atoms with van der Waals surface area (Å²) < 4.78 is 10.2. The predicted molar refractivity (Wildman–Crippen MR) is 86.0 cm³/mol. The number of benzene rings is 2. The normalized spacial score (nSPS) is 9.55. The van der Waals surface area contributed by atoms with Gasteiger partial charge in [-0.05, 0) is 42.3 Å². The molecule has 0 fully saturated rings. The first-order chi connectivity index (χ1) is 10.7. The van der Waals surface area contributed by atoms with E-state index in [0.717, 1.165) is 17.7 Å². The van der Waals surface area contributed by atoms with Crippen molar-refractivity contribution < 1.29 is 14.3 Å². The predicted octanol–water partition coefficient (Wildman–Crippen LogP) is 3.47. The highest BCUT2D eigenvalue weighted by molar-refractivity contribution is 5.89. The van der Waals surface area contributed by atoms with Crippen LogP contribution in [0.3, 0.4) is 0 Å². The van der Waals surface area contributed by atoms with Crippen molar-refractivity contribution in [2.24, 2.45) is 0 Å². The van der Waals surface area contributed by atoms with Gasteiger partial charge in [-0.2, -0.15) is 0 Å². The minimum absolute atomic E-state index is 0.300. The Morgan fingerprint density at radius 1 is 1.14 bits per heavy atom. The van der Waals surface area contributed by atoms with Crippen molar-refractivity contribution in [3.63, 3.8) is 0 Å². The van der Waals surface area contributed by atoms with E-state index in [1.807, 2.05) is 30.3 Å². The lowest BCUT2D eigenvalue weighted by atomic mass is 10.1. The van der Waals surface area contributed by atoms with Crippen LogP contribution in [0.2, 0.25) is 0 Å². The van der Waals surface area contributed by atoms with E-state index in [1.54, 1.807) is 18.2 Å². The highest BCUT2D eigenvalue weighted by Gasteiger charge is 2.04. The summed E-state index contributed by atoms with van der Waals surface area (Å²) in [5.74, 6) is 6.35. The molecule has 0 amide bonds. The smallest absolute Gasteiger partial charge is 0.337 e. The first-order valence-corrected chi connectivity index (χ1v) is 7.12. The number of rotatable bonds is 4. The second-order valence-corrected chi connectivity index (χ2v) is 4.66. The van der Waals surface area contributed by atoms with Crippen molar-refractivity contribution >= 4 is 5.97 Å². The number of methoxy groups -OCH3 is 1. The average molecular weight is 294 g/mol.